The molecule has 102 valence electrons. The van der Waals surface area contributed by atoms with Crippen LogP contribution in [0.2, 0.25) is 0 Å². The van der Waals surface area contributed by atoms with Crippen molar-refractivity contribution in [2.75, 3.05) is 12.4 Å². The molecule has 4 nitrogen and oxygen atoms in total. The van der Waals surface area contributed by atoms with E-state index in [1.165, 1.54) is 12.1 Å². The van der Waals surface area contributed by atoms with Crippen molar-refractivity contribution in [1.29, 1.82) is 0 Å². The van der Waals surface area contributed by atoms with Crippen LogP contribution in [0.3, 0.4) is 0 Å². The van der Waals surface area contributed by atoms with E-state index in [0.29, 0.717) is 24.6 Å². The van der Waals surface area contributed by atoms with Crippen LogP contribution in [0, 0.1) is 0 Å². The number of nitrogens with one attached hydrogen (secondary N) is 1. The Labute approximate surface area is 113 Å². The molecule has 1 rings (SSSR count). The lowest BCUT2D eigenvalue weighted by Crippen LogP contribution is -2.25. The van der Waals surface area contributed by atoms with Crippen LogP contribution in [0.5, 0.6) is 5.75 Å². The van der Waals surface area contributed by atoms with Crippen LogP contribution in [0.25, 0.3) is 0 Å². The minimum atomic E-state index is -3.44. The number of alkyl halides is 1. The highest BCUT2D eigenvalue weighted by molar-refractivity contribution is 7.89. The van der Waals surface area contributed by atoms with Gasteiger partial charge in [0.25, 0.3) is 0 Å². The first-order chi connectivity index (χ1) is 8.45. The second-order valence-electron chi connectivity index (χ2n) is 4.08. The van der Waals surface area contributed by atoms with E-state index in [1.54, 1.807) is 12.1 Å². The van der Waals surface area contributed by atoms with Crippen molar-refractivity contribution >= 4 is 21.6 Å². The zero-order chi connectivity index (χ0) is 13.6. The fraction of sp³-hybridized carbons (Fsp3) is 0.500. The molecule has 0 saturated carbocycles. The highest BCUT2D eigenvalue weighted by Crippen LogP contribution is 2.16. The topological polar surface area (TPSA) is 55.4 Å². The summed E-state index contributed by atoms with van der Waals surface area (Å²) >= 11 is 5.49. The van der Waals surface area contributed by atoms with E-state index in [2.05, 4.69) is 4.72 Å². The summed E-state index contributed by atoms with van der Waals surface area (Å²) < 4.78 is 31.6. The van der Waals surface area contributed by atoms with Crippen LogP contribution in [-0.4, -0.2) is 26.9 Å². The first-order valence-corrected chi connectivity index (χ1v) is 7.80. The number of benzene rings is 1. The highest BCUT2D eigenvalue weighted by atomic mass is 35.5. The van der Waals surface area contributed by atoms with Gasteiger partial charge < -0.3 is 4.74 Å². The minimum absolute atomic E-state index is 0.0642. The highest BCUT2D eigenvalue weighted by Gasteiger charge is 2.13. The maximum absolute atomic E-state index is 11.8. The second kappa shape index (κ2) is 6.97. The van der Waals surface area contributed by atoms with Crippen LogP contribution in [0.1, 0.15) is 20.3 Å². The quantitative estimate of drug-likeness (QED) is 0.620. The van der Waals surface area contributed by atoms with Crippen LogP contribution < -0.4 is 9.46 Å². The molecule has 0 aliphatic heterocycles. The maximum atomic E-state index is 11.8. The second-order valence-corrected chi connectivity index (χ2v) is 6.22. The Morgan fingerprint density at radius 2 is 1.89 bits per heavy atom. The third-order valence-electron chi connectivity index (χ3n) is 2.11. The van der Waals surface area contributed by atoms with Gasteiger partial charge in [0.1, 0.15) is 5.75 Å². The molecule has 0 radical (unpaired) electrons. The van der Waals surface area contributed by atoms with E-state index in [9.17, 15) is 8.42 Å². The summed E-state index contributed by atoms with van der Waals surface area (Å²) in [5, 5.41) is 0. The summed E-state index contributed by atoms with van der Waals surface area (Å²) in [4.78, 5) is 0.230. The summed E-state index contributed by atoms with van der Waals surface area (Å²) in [5.74, 6) is 1.09. The molecule has 1 aromatic rings. The van der Waals surface area contributed by atoms with Crippen molar-refractivity contribution in [2.24, 2.45) is 0 Å². The molecule has 0 bridgehead atoms. The molecule has 0 saturated heterocycles. The average molecular weight is 292 g/mol. The molecule has 1 N–H and O–H groups in total. The molecule has 0 fully saturated rings. The van der Waals surface area contributed by atoms with Gasteiger partial charge in [-0.25, -0.2) is 13.1 Å². The predicted octanol–water partition coefficient (Wildman–Crippen LogP) is 2.38. The lowest BCUT2D eigenvalue weighted by molar-refractivity contribution is 0.242. The monoisotopic (exact) mass is 291 g/mol. The Bertz CT molecular complexity index is 457. The normalized spacial score (nSPS) is 11.8. The Morgan fingerprint density at radius 1 is 1.28 bits per heavy atom. The molecule has 18 heavy (non-hydrogen) atoms. The number of ether oxygens (including phenoxy) is 1. The molecule has 6 heteroatoms. The first-order valence-electron chi connectivity index (χ1n) is 5.78. The zero-order valence-electron chi connectivity index (χ0n) is 10.5. The number of hydrogen-bond donors (Lipinski definition) is 1. The lowest BCUT2D eigenvalue weighted by Gasteiger charge is -2.10. The molecule has 0 aliphatic rings. The van der Waals surface area contributed by atoms with Gasteiger partial charge in [-0.2, -0.15) is 0 Å². The molecule has 0 aliphatic carbocycles. The van der Waals surface area contributed by atoms with Gasteiger partial charge in [-0.1, -0.05) is 0 Å². The molecule has 0 amide bonds. The summed E-state index contributed by atoms with van der Waals surface area (Å²) in [7, 11) is -3.44. The van der Waals surface area contributed by atoms with Gasteiger partial charge >= 0.3 is 0 Å². The molecular formula is C12H18ClNO3S. The van der Waals surface area contributed by atoms with Gasteiger partial charge in [0, 0.05) is 12.4 Å². The van der Waals surface area contributed by atoms with Crippen LogP contribution in [-0.2, 0) is 10.0 Å². The standard InChI is InChI=1S/C12H18ClNO3S/c1-10(2)17-11-4-6-12(7-5-11)18(15,16)14-9-3-8-13/h4-7,10,14H,3,8-9H2,1-2H3. The molecular weight excluding hydrogens is 274 g/mol. The summed E-state index contributed by atoms with van der Waals surface area (Å²) in [6, 6.07) is 6.35. The van der Waals surface area contributed by atoms with Crippen LogP contribution >= 0.6 is 11.6 Å². The SMILES string of the molecule is CC(C)Oc1ccc(S(=O)(=O)NCCCCl)cc1. The van der Waals surface area contributed by atoms with E-state index < -0.39 is 10.0 Å². The third kappa shape index (κ3) is 4.84. The van der Waals surface area contributed by atoms with Crippen molar-refractivity contribution in [1.82, 2.24) is 4.72 Å². The number of sulfonamides is 1. The Kier molecular flexibility index (Phi) is 5.91. The fourth-order valence-corrected chi connectivity index (χ4v) is 2.53. The van der Waals surface area contributed by atoms with Gasteiger partial charge in [0.2, 0.25) is 10.0 Å². The van der Waals surface area contributed by atoms with Crippen molar-refractivity contribution < 1.29 is 13.2 Å². The van der Waals surface area contributed by atoms with E-state index in [4.69, 9.17) is 16.3 Å². The Morgan fingerprint density at radius 3 is 2.39 bits per heavy atom. The van der Waals surface area contributed by atoms with E-state index in [1.807, 2.05) is 13.8 Å². The maximum Gasteiger partial charge on any atom is 0.240 e. The van der Waals surface area contributed by atoms with E-state index >= 15 is 0 Å². The van der Waals surface area contributed by atoms with Crippen molar-refractivity contribution in [2.45, 2.75) is 31.3 Å². The minimum Gasteiger partial charge on any atom is -0.491 e. The Hall–Kier alpha value is -0.780. The molecule has 0 atom stereocenters. The zero-order valence-corrected chi connectivity index (χ0v) is 12.1. The van der Waals surface area contributed by atoms with Crippen LogP contribution in [0.4, 0.5) is 0 Å². The number of hydrogen-bond acceptors (Lipinski definition) is 3. The molecule has 0 spiro atoms. The third-order valence-corrected chi connectivity index (χ3v) is 3.85. The van der Waals surface area contributed by atoms with Crippen LogP contribution in [0.15, 0.2) is 29.2 Å². The summed E-state index contributed by atoms with van der Waals surface area (Å²) in [5.41, 5.74) is 0. The van der Waals surface area contributed by atoms with E-state index in [-0.39, 0.29) is 11.0 Å². The number of rotatable bonds is 7. The van der Waals surface area contributed by atoms with Gasteiger partial charge in [-0.3, -0.25) is 0 Å². The largest absolute Gasteiger partial charge is 0.491 e. The summed E-state index contributed by atoms with van der Waals surface area (Å²) in [6.45, 7) is 4.17. The van der Waals surface area contributed by atoms with E-state index in [0.717, 1.165) is 0 Å². The number of halogens is 1. The first kappa shape index (κ1) is 15.3. The Balaban J connectivity index is 2.71. The van der Waals surface area contributed by atoms with Crippen molar-refractivity contribution in [3.63, 3.8) is 0 Å². The molecule has 0 unspecified atom stereocenters. The van der Waals surface area contributed by atoms with Gasteiger partial charge in [0.15, 0.2) is 0 Å². The lowest BCUT2D eigenvalue weighted by atomic mass is 10.3. The molecule has 0 heterocycles. The average Bonchev–Trinajstić information content (AvgIpc) is 2.29. The smallest absolute Gasteiger partial charge is 0.240 e. The fourth-order valence-electron chi connectivity index (χ4n) is 1.33. The van der Waals surface area contributed by atoms with Crippen molar-refractivity contribution in [3.8, 4) is 5.75 Å². The molecule has 1 aromatic carbocycles. The molecule has 0 aromatic heterocycles. The van der Waals surface area contributed by atoms with Gasteiger partial charge in [-0.15, -0.1) is 11.6 Å². The van der Waals surface area contributed by atoms with Gasteiger partial charge in [-0.05, 0) is 44.5 Å². The summed E-state index contributed by atoms with van der Waals surface area (Å²) in [6.07, 6.45) is 0.671. The van der Waals surface area contributed by atoms with Gasteiger partial charge in [0.05, 0.1) is 11.0 Å². The van der Waals surface area contributed by atoms with Crippen molar-refractivity contribution in [3.05, 3.63) is 24.3 Å². The predicted molar refractivity (Wildman–Crippen MR) is 72.7 cm³/mol.